The molecule has 6 heteroatoms. The second kappa shape index (κ2) is 8.89. The van der Waals surface area contributed by atoms with Crippen LogP contribution in [0, 0.1) is 6.92 Å². The number of aryl methyl sites for hydroxylation is 1. The zero-order valence-electron chi connectivity index (χ0n) is 19.6. The fraction of sp³-hybridized carbons (Fsp3) is 0.133. The first kappa shape index (κ1) is 21.9. The summed E-state index contributed by atoms with van der Waals surface area (Å²) >= 11 is 0. The summed E-state index contributed by atoms with van der Waals surface area (Å²) in [7, 11) is 0. The van der Waals surface area contributed by atoms with E-state index in [1.807, 2.05) is 73.7 Å². The molecule has 0 spiro atoms. The van der Waals surface area contributed by atoms with Gasteiger partial charge < -0.3 is 18.5 Å². The van der Waals surface area contributed by atoms with Gasteiger partial charge in [0.2, 0.25) is 5.76 Å². The molecular formula is C30H23NO5. The molecule has 5 aromatic rings. The molecule has 1 atom stereocenters. The van der Waals surface area contributed by atoms with Crippen LogP contribution in [0.3, 0.4) is 0 Å². The van der Waals surface area contributed by atoms with E-state index in [1.165, 1.54) is 0 Å². The van der Waals surface area contributed by atoms with Crippen molar-refractivity contribution >= 4 is 16.9 Å². The molecule has 0 bridgehead atoms. The SMILES string of the molecule is Cc1ccc2oc3c(c(=O)c2c1)C(c1ccc(OCc2ccccc2)cc1)N(Cc1ccco1)C3=O. The lowest BCUT2D eigenvalue weighted by molar-refractivity contribution is 0.0701. The minimum atomic E-state index is -0.609. The molecule has 1 unspecified atom stereocenters. The Labute approximate surface area is 207 Å². The Hall–Kier alpha value is -4.58. The van der Waals surface area contributed by atoms with Crippen LogP contribution in [0.5, 0.6) is 5.75 Å². The van der Waals surface area contributed by atoms with Crippen LogP contribution in [0.25, 0.3) is 11.0 Å². The van der Waals surface area contributed by atoms with E-state index in [2.05, 4.69) is 0 Å². The third kappa shape index (κ3) is 3.86. The highest BCUT2D eigenvalue weighted by Crippen LogP contribution is 2.39. The van der Waals surface area contributed by atoms with Gasteiger partial charge in [-0.15, -0.1) is 0 Å². The molecule has 1 aliphatic heterocycles. The number of hydrogen-bond acceptors (Lipinski definition) is 5. The first-order chi connectivity index (χ1) is 17.6. The molecule has 0 radical (unpaired) electrons. The van der Waals surface area contributed by atoms with Crippen LogP contribution in [0.2, 0.25) is 0 Å². The Morgan fingerprint density at radius 3 is 2.47 bits per heavy atom. The highest BCUT2D eigenvalue weighted by Gasteiger charge is 2.43. The van der Waals surface area contributed by atoms with Gasteiger partial charge in [0.05, 0.1) is 29.8 Å². The Morgan fingerprint density at radius 2 is 1.72 bits per heavy atom. The van der Waals surface area contributed by atoms with Crippen LogP contribution in [0.4, 0.5) is 0 Å². The third-order valence-electron chi connectivity index (χ3n) is 6.47. The molecule has 0 aliphatic carbocycles. The van der Waals surface area contributed by atoms with E-state index in [-0.39, 0.29) is 23.6 Å². The van der Waals surface area contributed by atoms with Crippen LogP contribution >= 0.6 is 0 Å². The van der Waals surface area contributed by atoms with Gasteiger partial charge in [-0.1, -0.05) is 54.1 Å². The molecule has 3 aromatic carbocycles. The smallest absolute Gasteiger partial charge is 0.291 e. The van der Waals surface area contributed by atoms with Crippen LogP contribution in [0.1, 0.15) is 44.6 Å². The largest absolute Gasteiger partial charge is 0.489 e. The number of ether oxygens (including phenoxy) is 1. The van der Waals surface area contributed by atoms with Gasteiger partial charge in [0.15, 0.2) is 5.43 Å². The molecule has 0 N–H and O–H groups in total. The number of rotatable bonds is 6. The molecule has 0 saturated heterocycles. The van der Waals surface area contributed by atoms with Crippen LogP contribution in [0.15, 0.2) is 105 Å². The van der Waals surface area contributed by atoms with Crippen molar-refractivity contribution in [2.45, 2.75) is 26.1 Å². The van der Waals surface area contributed by atoms with Gasteiger partial charge in [0.25, 0.3) is 5.91 Å². The number of furan rings is 1. The van der Waals surface area contributed by atoms with Gasteiger partial charge >= 0.3 is 0 Å². The highest BCUT2D eigenvalue weighted by atomic mass is 16.5. The predicted molar refractivity (Wildman–Crippen MR) is 135 cm³/mol. The highest BCUT2D eigenvalue weighted by molar-refractivity contribution is 5.99. The first-order valence-electron chi connectivity index (χ1n) is 11.8. The molecule has 0 fully saturated rings. The summed E-state index contributed by atoms with van der Waals surface area (Å²) in [6.45, 7) is 2.58. The quantitative estimate of drug-likeness (QED) is 0.299. The zero-order chi connectivity index (χ0) is 24.6. The lowest BCUT2D eigenvalue weighted by atomic mass is 9.98. The lowest BCUT2D eigenvalue weighted by Crippen LogP contribution is -2.29. The van der Waals surface area contributed by atoms with Crippen molar-refractivity contribution in [3.63, 3.8) is 0 Å². The summed E-state index contributed by atoms with van der Waals surface area (Å²) in [5, 5.41) is 0.467. The number of amides is 1. The van der Waals surface area contributed by atoms with E-state index in [4.69, 9.17) is 13.6 Å². The van der Waals surface area contributed by atoms with E-state index < -0.39 is 6.04 Å². The van der Waals surface area contributed by atoms with Crippen molar-refractivity contribution < 1.29 is 18.4 Å². The second-order valence-corrected chi connectivity index (χ2v) is 8.93. The summed E-state index contributed by atoms with van der Waals surface area (Å²) in [4.78, 5) is 28.8. The van der Waals surface area contributed by atoms with Crippen LogP contribution in [-0.2, 0) is 13.2 Å². The van der Waals surface area contributed by atoms with E-state index in [9.17, 15) is 9.59 Å². The topological polar surface area (TPSA) is 72.9 Å². The molecule has 2 aromatic heterocycles. The number of fused-ring (bicyclic) bond motifs is 2. The monoisotopic (exact) mass is 477 g/mol. The zero-order valence-corrected chi connectivity index (χ0v) is 19.6. The fourth-order valence-corrected chi connectivity index (χ4v) is 4.70. The second-order valence-electron chi connectivity index (χ2n) is 8.93. The Balaban J connectivity index is 1.40. The molecule has 1 amide bonds. The minimum Gasteiger partial charge on any atom is -0.489 e. The van der Waals surface area contributed by atoms with Crippen molar-refractivity contribution in [1.29, 1.82) is 0 Å². The standard InChI is InChI=1S/C30H23NO5/c1-19-9-14-25-24(16-19)28(32)26-27(31(30(33)29(26)36-25)17-23-8-5-15-34-23)21-10-12-22(13-11-21)35-18-20-6-3-2-4-7-20/h2-16,27H,17-18H2,1H3. The van der Waals surface area contributed by atoms with Crippen molar-refractivity contribution in [2.24, 2.45) is 0 Å². The van der Waals surface area contributed by atoms with Gasteiger partial charge in [-0.3, -0.25) is 9.59 Å². The maximum absolute atomic E-state index is 13.7. The summed E-state index contributed by atoms with van der Waals surface area (Å²) < 4.78 is 17.5. The van der Waals surface area contributed by atoms with E-state index >= 15 is 0 Å². The van der Waals surface area contributed by atoms with Gasteiger partial charge in [-0.2, -0.15) is 0 Å². The normalized spacial score (nSPS) is 14.9. The molecular weight excluding hydrogens is 454 g/mol. The molecule has 1 aliphatic rings. The van der Waals surface area contributed by atoms with Crippen molar-refractivity contribution in [3.05, 3.63) is 135 Å². The number of benzene rings is 3. The first-order valence-corrected chi connectivity index (χ1v) is 11.8. The Kier molecular flexibility index (Phi) is 5.41. The molecule has 6 rings (SSSR count). The van der Waals surface area contributed by atoms with Gasteiger partial charge in [0.1, 0.15) is 23.7 Å². The molecule has 3 heterocycles. The summed E-state index contributed by atoms with van der Waals surface area (Å²) in [5.41, 5.74) is 3.37. The Bertz CT molecular complexity index is 1600. The van der Waals surface area contributed by atoms with Gasteiger partial charge in [-0.25, -0.2) is 0 Å². The fourth-order valence-electron chi connectivity index (χ4n) is 4.70. The lowest BCUT2D eigenvalue weighted by Gasteiger charge is -2.24. The van der Waals surface area contributed by atoms with Crippen LogP contribution in [-0.4, -0.2) is 10.8 Å². The van der Waals surface area contributed by atoms with Crippen molar-refractivity contribution in [2.75, 3.05) is 0 Å². The number of carbonyl (C=O) groups is 1. The van der Waals surface area contributed by atoms with E-state index in [0.717, 1.165) is 16.7 Å². The summed E-state index contributed by atoms with van der Waals surface area (Å²) in [6.07, 6.45) is 1.57. The number of nitrogens with zero attached hydrogens (tertiary/aromatic N) is 1. The number of hydrogen-bond donors (Lipinski definition) is 0. The van der Waals surface area contributed by atoms with Crippen molar-refractivity contribution in [3.8, 4) is 5.75 Å². The molecule has 178 valence electrons. The van der Waals surface area contributed by atoms with Gasteiger partial charge in [0, 0.05) is 0 Å². The average molecular weight is 478 g/mol. The average Bonchev–Trinajstić information content (AvgIpc) is 3.51. The third-order valence-corrected chi connectivity index (χ3v) is 6.47. The summed E-state index contributed by atoms with van der Waals surface area (Å²) in [5.74, 6) is 1.07. The maximum atomic E-state index is 13.7. The maximum Gasteiger partial charge on any atom is 0.291 e. The molecule has 0 saturated carbocycles. The van der Waals surface area contributed by atoms with Crippen LogP contribution < -0.4 is 10.2 Å². The van der Waals surface area contributed by atoms with Crippen molar-refractivity contribution in [1.82, 2.24) is 4.90 Å². The summed E-state index contributed by atoms with van der Waals surface area (Å²) in [6, 6.07) is 25.8. The minimum absolute atomic E-state index is 0.0808. The molecule has 6 nitrogen and oxygen atoms in total. The predicted octanol–water partition coefficient (Wildman–Crippen LogP) is 6.02. The number of carbonyl (C=O) groups excluding carboxylic acids is 1. The van der Waals surface area contributed by atoms with E-state index in [0.29, 0.717) is 34.6 Å². The Morgan fingerprint density at radius 1 is 0.917 bits per heavy atom. The van der Waals surface area contributed by atoms with Gasteiger partial charge in [-0.05, 0) is 54.4 Å². The van der Waals surface area contributed by atoms with E-state index in [1.54, 1.807) is 29.4 Å². The molecule has 36 heavy (non-hydrogen) atoms.